The zero-order valence-electron chi connectivity index (χ0n) is 7.81. The zero-order valence-corrected chi connectivity index (χ0v) is 7.81. The van der Waals surface area contributed by atoms with Gasteiger partial charge in [0.1, 0.15) is 12.4 Å². The van der Waals surface area contributed by atoms with Crippen LogP contribution in [0, 0.1) is 5.82 Å². The summed E-state index contributed by atoms with van der Waals surface area (Å²) in [6.45, 7) is -1.38. The fourth-order valence-electron chi connectivity index (χ4n) is 0.987. The van der Waals surface area contributed by atoms with Crippen LogP contribution >= 0.6 is 0 Å². The maximum absolute atomic E-state index is 13.1. The first-order valence-corrected chi connectivity index (χ1v) is 4.13. The van der Waals surface area contributed by atoms with Gasteiger partial charge in [-0.2, -0.15) is 13.2 Å². The molecule has 1 rings (SSSR count). The van der Waals surface area contributed by atoms with Crippen molar-refractivity contribution in [1.29, 1.82) is 0 Å². The molecule has 0 saturated carbocycles. The van der Waals surface area contributed by atoms with E-state index >= 15 is 0 Å². The molecular weight excluding hydrogens is 230 g/mol. The van der Waals surface area contributed by atoms with Crippen molar-refractivity contribution in [2.45, 2.75) is 6.18 Å². The van der Waals surface area contributed by atoms with Crippen molar-refractivity contribution < 1.29 is 27.5 Å². The molecule has 0 saturated heterocycles. The molecule has 0 aromatic heterocycles. The fraction of sp³-hybridized carbons (Fsp3) is 0.222. The molecule has 1 aromatic rings. The van der Waals surface area contributed by atoms with Gasteiger partial charge in [0, 0.05) is 0 Å². The Hall–Kier alpha value is -1.79. The lowest BCUT2D eigenvalue weighted by Crippen LogP contribution is -2.21. The van der Waals surface area contributed by atoms with Crippen LogP contribution in [0.5, 0.6) is 0 Å². The first kappa shape index (κ1) is 12.3. The van der Waals surface area contributed by atoms with E-state index in [1.807, 2.05) is 5.32 Å². The molecule has 0 aliphatic heterocycles. The summed E-state index contributed by atoms with van der Waals surface area (Å²) in [4.78, 5) is 10.4. The number of anilines is 1. The van der Waals surface area contributed by atoms with Crippen molar-refractivity contribution in [3.8, 4) is 0 Å². The van der Waals surface area contributed by atoms with Gasteiger partial charge in [-0.1, -0.05) is 0 Å². The molecule has 0 radical (unpaired) electrons. The second-order valence-corrected chi connectivity index (χ2v) is 2.97. The predicted molar refractivity (Wildman–Crippen MR) is 47.9 cm³/mol. The summed E-state index contributed by atoms with van der Waals surface area (Å²) in [6, 6.07) is 2.62. The van der Waals surface area contributed by atoms with Crippen LogP contribution in [0.15, 0.2) is 18.2 Å². The average Bonchev–Trinajstić information content (AvgIpc) is 2.14. The van der Waals surface area contributed by atoms with E-state index in [0.717, 1.165) is 12.1 Å². The fourth-order valence-corrected chi connectivity index (χ4v) is 0.987. The van der Waals surface area contributed by atoms with Crippen molar-refractivity contribution in [2.24, 2.45) is 0 Å². The van der Waals surface area contributed by atoms with Gasteiger partial charge in [0.05, 0.1) is 11.3 Å². The molecule has 0 heterocycles. The van der Waals surface area contributed by atoms with Crippen molar-refractivity contribution in [2.75, 3.05) is 11.9 Å². The normalized spacial score (nSPS) is 11.2. The molecule has 0 bridgehead atoms. The van der Waals surface area contributed by atoms with Crippen molar-refractivity contribution in [1.82, 2.24) is 0 Å². The van der Waals surface area contributed by atoms with E-state index in [2.05, 4.69) is 0 Å². The molecule has 0 amide bonds. The third-order valence-corrected chi connectivity index (χ3v) is 1.70. The summed E-state index contributed by atoms with van der Waals surface area (Å²) in [5.74, 6) is -2.38. The third-order valence-electron chi connectivity index (χ3n) is 1.70. The number of aromatic carboxylic acids is 1. The van der Waals surface area contributed by atoms with E-state index < -0.39 is 24.5 Å². The van der Waals surface area contributed by atoms with E-state index in [1.165, 1.54) is 0 Å². The molecule has 0 atom stereocenters. The highest BCUT2D eigenvalue weighted by atomic mass is 19.4. The predicted octanol–water partition coefficient (Wildman–Crippen LogP) is 2.50. The van der Waals surface area contributed by atoms with Crippen LogP contribution in [-0.4, -0.2) is 23.8 Å². The number of benzene rings is 1. The maximum atomic E-state index is 13.1. The Bertz CT molecular complexity index is 403. The van der Waals surface area contributed by atoms with Gasteiger partial charge in [-0.15, -0.1) is 0 Å². The van der Waals surface area contributed by atoms with Crippen LogP contribution < -0.4 is 5.32 Å². The van der Waals surface area contributed by atoms with Crippen LogP contribution in [-0.2, 0) is 0 Å². The van der Waals surface area contributed by atoms with Crippen LogP contribution in [0.25, 0.3) is 0 Å². The van der Waals surface area contributed by atoms with Gasteiger partial charge in [0.25, 0.3) is 0 Å². The number of rotatable bonds is 3. The molecule has 7 heteroatoms. The van der Waals surface area contributed by atoms with Crippen LogP contribution in [0.3, 0.4) is 0 Å². The number of carbonyl (C=O) groups is 1. The van der Waals surface area contributed by atoms with E-state index in [4.69, 9.17) is 5.11 Å². The van der Waals surface area contributed by atoms with E-state index in [1.54, 1.807) is 0 Å². The molecule has 0 fully saturated rings. The number of halogens is 4. The van der Waals surface area contributed by atoms with Crippen molar-refractivity contribution in [3.05, 3.63) is 29.6 Å². The average molecular weight is 237 g/mol. The quantitative estimate of drug-likeness (QED) is 0.794. The lowest BCUT2D eigenvalue weighted by molar-refractivity contribution is -0.115. The van der Waals surface area contributed by atoms with Gasteiger partial charge in [-0.05, 0) is 18.2 Å². The minimum atomic E-state index is -4.46. The molecular formula is C9H7F4NO2. The molecule has 3 nitrogen and oxygen atoms in total. The minimum Gasteiger partial charge on any atom is -0.478 e. The zero-order chi connectivity index (χ0) is 12.3. The third kappa shape index (κ3) is 3.41. The lowest BCUT2D eigenvalue weighted by Gasteiger charge is -2.10. The first-order chi connectivity index (χ1) is 7.29. The number of carboxylic acids is 1. The Morgan fingerprint density at radius 2 is 2.00 bits per heavy atom. The topological polar surface area (TPSA) is 49.3 Å². The van der Waals surface area contributed by atoms with Gasteiger partial charge in [-0.25, -0.2) is 9.18 Å². The second-order valence-electron chi connectivity index (χ2n) is 2.97. The molecule has 0 unspecified atom stereocenters. The first-order valence-electron chi connectivity index (χ1n) is 4.13. The SMILES string of the molecule is O=C(O)c1ccc(NCC(F)(F)F)c(F)c1. The van der Waals surface area contributed by atoms with E-state index in [-0.39, 0.29) is 11.3 Å². The number of carboxylic acid groups (broad SMARTS) is 1. The summed E-state index contributed by atoms with van der Waals surface area (Å²) in [6.07, 6.45) is -4.46. The van der Waals surface area contributed by atoms with Crippen LogP contribution in [0.2, 0.25) is 0 Å². The molecule has 0 aliphatic rings. The molecule has 1 aromatic carbocycles. The standard InChI is InChI=1S/C9H7F4NO2/c10-6-3-5(8(15)16)1-2-7(6)14-4-9(11,12)13/h1-3,14H,4H2,(H,15,16). The molecule has 0 spiro atoms. The van der Waals surface area contributed by atoms with Crippen LogP contribution in [0.1, 0.15) is 10.4 Å². The monoisotopic (exact) mass is 237 g/mol. The summed E-state index contributed by atoms with van der Waals surface area (Å²) in [5.41, 5.74) is -0.711. The number of hydrogen-bond donors (Lipinski definition) is 2. The number of nitrogens with one attached hydrogen (secondary N) is 1. The van der Waals surface area contributed by atoms with Gasteiger partial charge in [0.15, 0.2) is 0 Å². The Morgan fingerprint density at radius 3 is 2.44 bits per heavy atom. The second kappa shape index (κ2) is 4.38. The van der Waals surface area contributed by atoms with Crippen molar-refractivity contribution >= 4 is 11.7 Å². The highest BCUT2D eigenvalue weighted by Crippen LogP contribution is 2.19. The van der Waals surface area contributed by atoms with E-state index in [9.17, 15) is 22.4 Å². The summed E-state index contributed by atoms with van der Waals surface area (Å²) < 4.78 is 48.5. The summed E-state index contributed by atoms with van der Waals surface area (Å²) >= 11 is 0. The number of alkyl halides is 3. The van der Waals surface area contributed by atoms with Gasteiger partial charge < -0.3 is 10.4 Å². The molecule has 0 aliphatic carbocycles. The van der Waals surface area contributed by atoms with Crippen molar-refractivity contribution in [3.63, 3.8) is 0 Å². The lowest BCUT2D eigenvalue weighted by atomic mass is 10.2. The summed E-state index contributed by atoms with van der Waals surface area (Å²) in [5, 5.41) is 10.3. The Kier molecular flexibility index (Phi) is 3.36. The highest BCUT2D eigenvalue weighted by molar-refractivity contribution is 5.88. The van der Waals surface area contributed by atoms with Gasteiger partial charge in [-0.3, -0.25) is 0 Å². The Labute approximate surface area is 87.7 Å². The van der Waals surface area contributed by atoms with Crippen LogP contribution in [0.4, 0.5) is 23.2 Å². The maximum Gasteiger partial charge on any atom is 0.405 e. The molecule has 2 N–H and O–H groups in total. The minimum absolute atomic E-state index is 0.324. The smallest absolute Gasteiger partial charge is 0.405 e. The highest BCUT2D eigenvalue weighted by Gasteiger charge is 2.27. The number of hydrogen-bond acceptors (Lipinski definition) is 2. The Balaban J connectivity index is 2.80. The summed E-state index contributed by atoms with van der Waals surface area (Å²) in [7, 11) is 0. The van der Waals surface area contributed by atoms with E-state index in [0.29, 0.717) is 6.07 Å². The van der Waals surface area contributed by atoms with Gasteiger partial charge >= 0.3 is 12.1 Å². The largest absolute Gasteiger partial charge is 0.478 e. The Morgan fingerprint density at radius 1 is 1.38 bits per heavy atom. The molecule has 88 valence electrons. The van der Waals surface area contributed by atoms with Gasteiger partial charge in [0.2, 0.25) is 0 Å². The molecule has 16 heavy (non-hydrogen) atoms.